The fourth-order valence-corrected chi connectivity index (χ4v) is 2.34. The van der Waals surface area contributed by atoms with E-state index in [1.165, 1.54) is 5.57 Å². The monoisotopic (exact) mass is 292 g/mol. The van der Waals surface area contributed by atoms with Gasteiger partial charge in [-0.25, -0.2) is 0 Å². The molecule has 0 fully saturated rings. The molecule has 2 atom stereocenters. The third-order valence-corrected chi connectivity index (χ3v) is 4.48. The summed E-state index contributed by atoms with van der Waals surface area (Å²) in [6.07, 6.45) is 6.87. The standard InChI is InChI=1S/C10H14Br2/c1-8-5-9(6-11)3-4-10(8,2)7-12/h3-5,8H,6-7H2,1-2H3. The van der Waals surface area contributed by atoms with Crippen LogP contribution in [-0.2, 0) is 0 Å². The van der Waals surface area contributed by atoms with Crippen molar-refractivity contribution in [3.63, 3.8) is 0 Å². The van der Waals surface area contributed by atoms with Gasteiger partial charge in [-0.2, -0.15) is 0 Å². The van der Waals surface area contributed by atoms with E-state index in [1.54, 1.807) is 0 Å². The summed E-state index contributed by atoms with van der Waals surface area (Å²) in [4.78, 5) is 0. The van der Waals surface area contributed by atoms with Gasteiger partial charge in [0.05, 0.1) is 0 Å². The van der Waals surface area contributed by atoms with Crippen LogP contribution in [-0.4, -0.2) is 10.7 Å². The Labute approximate surface area is 91.4 Å². The highest BCUT2D eigenvalue weighted by Gasteiger charge is 2.28. The second kappa shape index (κ2) is 4.10. The van der Waals surface area contributed by atoms with Crippen molar-refractivity contribution in [1.29, 1.82) is 0 Å². The maximum atomic E-state index is 3.56. The van der Waals surface area contributed by atoms with E-state index in [-0.39, 0.29) is 0 Å². The molecule has 1 rings (SSSR count). The average molecular weight is 294 g/mol. The fraction of sp³-hybridized carbons (Fsp3) is 0.600. The second-order valence-corrected chi connectivity index (χ2v) is 4.76. The minimum atomic E-state index is 0.297. The molecule has 68 valence electrons. The minimum Gasteiger partial charge on any atom is -0.0919 e. The van der Waals surface area contributed by atoms with Crippen LogP contribution in [0, 0.1) is 11.3 Å². The van der Waals surface area contributed by atoms with Crippen LogP contribution in [0.15, 0.2) is 23.8 Å². The molecular formula is C10H14Br2. The van der Waals surface area contributed by atoms with E-state index in [4.69, 9.17) is 0 Å². The van der Waals surface area contributed by atoms with Crippen molar-refractivity contribution in [2.24, 2.45) is 11.3 Å². The van der Waals surface area contributed by atoms with Crippen LogP contribution in [0.3, 0.4) is 0 Å². The number of hydrogen-bond donors (Lipinski definition) is 0. The molecule has 0 radical (unpaired) electrons. The SMILES string of the molecule is CC1C=C(CBr)C=CC1(C)CBr. The molecule has 0 N–H and O–H groups in total. The highest BCUT2D eigenvalue weighted by atomic mass is 79.9. The van der Waals surface area contributed by atoms with E-state index in [9.17, 15) is 0 Å². The van der Waals surface area contributed by atoms with Gasteiger partial charge in [0.25, 0.3) is 0 Å². The minimum absolute atomic E-state index is 0.297. The maximum Gasteiger partial charge on any atom is 0.0279 e. The summed E-state index contributed by atoms with van der Waals surface area (Å²) in [5.41, 5.74) is 1.69. The Hall–Kier alpha value is 0.440. The van der Waals surface area contributed by atoms with Gasteiger partial charge in [0.2, 0.25) is 0 Å². The van der Waals surface area contributed by atoms with Crippen molar-refractivity contribution in [1.82, 2.24) is 0 Å². The molecule has 0 saturated heterocycles. The smallest absolute Gasteiger partial charge is 0.0279 e. The van der Waals surface area contributed by atoms with Gasteiger partial charge in [-0.3, -0.25) is 0 Å². The Bertz CT molecular complexity index is 218. The molecule has 0 aromatic rings. The number of alkyl halides is 2. The third-order valence-electron chi connectivity index (χ3n) is 2.62. The van der Waals surface area contributed by atoms with Crippen LogP contribution >= 0.6 is 31.9 Å². The Morgan fingerprint density at radius 1 is 1.50 bits per heavy atom. The third kappa shape index (κ3) is 2.02. The number of allylic oxidation sites excluding steroid dienone is 4. The van der Waals surface area contributed by atoms with Crippen molar-refractivity contribution >= 4 is 31.9 Å². The number of hydrogen-bond acceptors (Lipinski definition) is 0. The van der Waals surface area contributed by atoms with E-state index < -0.39 is 0 Å². The Balaban J connectivity index is 2.81. The zero-order valence-corrected chi connectivity index (χ0v) is 10.7. The first-order chi connectivity index (χ1) is 5.62. The van der Waals surface area contributed by atoms with Crippen molar-refractivity contribution in [2.75, 3.05) is 10.7 Å². The van der Waals surface area contributed by atoms with Gasteiger partial charge < -0.3 is 0 Å². The summed E-state index contributed by atoms with van der Waals surface area (Å²) >= 11 is 7.02. The first-order valence-corrected chi connectivity index (χ1v) is 6.38. The summed E-state index contributed by atoms with van der Waals surface area (Å²) in [6, 6.07) is 0. The highest BCUT2D eigenvalue weighted by molar-refractivity contribution is 9.09. The van der Waals surface area contributed by atoms with Gasteiger partial charge in [0.15, 0.2) is 0 Å². The normalized spacial score (nSPS) is 35.0. The fourth-order valence-electron chi connectivity index (χ4n) is 1.27. The molecule has 0 heterocycles. The summed E-state index contributed by atoms with van der Waals surface area (Å²) < 4.78 is 0. The summed E-state index contributed by atoms with van der Waals surface area (Å²) in [5, 5.41) is 2.00. The molecular weight excluding hydrogens is 280 g/mol. The second-order valence-electron chi connectivity index (χ2n) is 3.64. The lowest BCUT2D eigenvalue weighted by atomic mass is 9.76. The maximum absolute atomic E-state index is 3.56. The Kier molecular flexibility index (Phi) is 3.59. The van der Waals surface area contributed by atoms with Crippen molar-refractivity contribution in [2.45, 2.75) is 13.8 Å². The van der Waals surface area contributed by atoms with Crippen LogP contribution in [0.4, 0.5) is 0 Å². The Morgan fingerprint density at radius 2 is 2.17 bits per heavy atom. The quantitative estimate of drug-likeness (QED) is 0.677. The van der Waals surface area contributed by atoms with Crippen molar-refractivity contribution in [3.8, 4) is 0 Å². The van der Waals surface area contributed by atoms with Crippen LogP contribution in [0.5, 0.6) is 0 Å². The zero-order valence-electron chi connectivity index (χ0n) is 7.48. The molecule has 0 saturated carbocycles. The molecule has 1 aliphatic carbocycles. The van der Waals surface area contributed by atoms with Crippen LogP contribution < -0.4 is 0 Å². The molecule has 0 aromatic carbocycles. The van der Waals surface area contributed by atoms with E-state index in [0.29, 0.717) is 11.3 Å². The molecule has 0 spiro atoms. The van der Waals surface area contributed by atoms with E-state index >= 15 is 0 Å². The Morgan fingerprint density at radius 3 is 2.58 bits per heavy atom. The van der Waals surface area contributed by atoms with Gasteiger partial charge in [-0.1, -0.05) is 63.9 Å². The van der Waals surface area contributed by atoms with Crippen molar-refractivity contribution in [3.05, 3.63) is 23.8 Å². The largest absolute Gasteiger partial charge is 0.0919 e. The lowest BCUT2D eigenvalue weighted by Gasteiger charge is -2.32. The molecule has 0 bridgehead atoms. The molecule has 0 nitrogen and oxygen atoms in total. The van der Waals surface area contributed by atoms with Gasteiger partial charge in [-0.05, 0) is 11.5 Å². The first kappa shape index (κ1) is 10.5. The molecule has 0 aromatic heterocycles. The van der Waals surface area contributed by atoms with Gasteiger partial charge in [0, 0.05) is 16.1 Å². The molecule has 2 heteroatoms. The molecule has 0 amide bonds. The predicted octanol–water partition coefficient (Wildman–Crippen LogP) is 3.91. The molecule has 2 unspecified atom stereocenters. The molecule has 1 aliphatic rings. The predicted molar refractivity (Wildman–Crippen MR) is 62.1 cm³/mol. The van der Waals surface area contributed by atoms with E-state index in [0.717, 1.165) is 10.7 Å². The summed E-state index contributed by atoms with van der Waals surface area (Å²) in [7, 11) is 0. The van der Waals surface area contributed by atoms with Crippen LogP contribution in [0.25, 0.3) is 0 Å². The molecule has 12 heavy (non-hydrogen) atoms. The average Bonchev–Trinajstić information content (AvgIpc) is 2.10. The van der Waals surface area contributed by atoms with Crippen LogP contribution in [0.2, 0.25) is 0 Å². The zero-order chi connectivity index (χ0) is 9.19. The van der Waals surface area contributed by atoms with Crippen molar-refractivity contribution < 1.29 is 0 Å². The summed E-state index contributed by atoms with van der Waals surface area (Å²) in [6.45, 7) is 4.55. The molecule has 0 aliphatic heterocycles. The van der Waals surface area contributed by atoms with E-state index in [2.05, 4.69) is 63.9 Å². The number of rotatable bonds is 2. The lowest BCUT2D eigenvalue weighted by Crippen LogP contribution is -2.25. The van der Waals surface area contributed by atoms with Gasteiger partial charge in [0.1, 0.15) is 0 Å². The first-order valence-electron chi connectivity index (χ1n) is 4.14. The van der Waals surface area contributed by atoms with Crippen LogP contribution in [0.1, 0.15) is 13.8 Å². The lowest BCUT2D eigenvalue weighted by molar-refractivity contribution is 0.373. The summed E-state index contributed by atoms with van der Waals surface area (Å²) in [5.74, 6) is 0.620. The van der Waals surface area contributed by atoms with E-state index in [1.807, 2.05) is 0 Å². The number of halogens is 2. The topological polar surface area (TPSA) is 0 Å². The van der Waals surface area contributed by atoms with Gasteiger partial charge in [-0.15, -0.1) is 0 Å². The highest BCUT2D eigenvalue weighted by Crippen LogP contribution is 2.36. The van der Waals surface area contributed by atoms with Gasteiger partial charge >= 0.3 is 0 Å².